The topological polar surface area (TPSA) is 68.3 Å². The number of nitrogens with zero attached hydrogens (tertiary/aromatic N) is 1. The molecule has 1 amide bonds. The van der Waals surface area contributed by atoms with Gasteiger partial charge in [-0.3, -0.25) is 4.79 Å². The van der Waals surface area contributed by atoms with E-state index in [4.69, 9.17) is 0 Å². The van der Waals surface area contributed by atoms with Gasteiger partial charge in [0, 0.05) is 0 Å². The Morgan fingerprint density at radius 1 is 1.48 bits per heavy atom. The Labute approximate surface area is 134 Å². The van der Waals surface area contributed by atoms with Crippen LogP contribution in [0.1, 0.15) is 30.1 Å². The number of halogens is 1. The summed E-state index contributed by atoms with van der Waals surface area (Å²) in [6.45, 7) is 2.02. The number of carbonyl (C=O) groups is 2. The molecule has 0 aliphatic rings. The molecule has 21 heavy (non-hydrogen) atoms. The molecule has 0 radical (unpaired) electrons. The van der Waals surface area contributed by atoms with Crippen molar-refractivity contribution in [2.75, 3.05) is 12.4 Å². The molecule has 0 saturated carbocycles. The quantitative estimate of drug-likeness (QED) is 0.644. The highest BCUT2D eigenvalue weighted by atomic mass is 79.9. The largest absolute Gasteiger partial charge is 0.465 e. The molecule has 112 valence electrons. The van der Waals surface area contributed by atoms with E-state index in [0.717, 1.165) is 23.1 Å². The molecule has 7 heteroatoms. The third kappa shape index (κ3) is 3.79. The first-order chi connectivity index (χ1) is 10.0. The van der Waals surface area contributed by atoms with Gasteiger partial charge in [0.05, 0.1) is 27.7 Å². The van der Waals surface area contributed by atoms with Gasteiger partial charge in [-0.25, -0.2) is 9.78 Å². The summed E-state index contributed by atoms with van der Waals surface area (Å²) in [4.78, 5) is 27.5. The number of fused-ring (bicyclic) bond motifs is 1. The summed E-state index contributed by atoms with van der Waals surface area (Å²) in [5.41, 5.74) is 1.21. The molecule has 0 spiro atoms. The van der Waals surface area contributed by atoms with Gasteiger partial charge in [-0.15, -0.1) is 0 Å². The maximum atomic E-state index is 11.9. The molecular formula is C14H15BrN2O3S. The molecule has 0 aliphatic heterocycles. The molecule has 0 saturated heterocycles. The number of anilines is 1. The van der Waals surface area contributed by atoms with Crippen molar-refractivity contribution in [2.45, 2.75) is 24.6 Å². The Morgan fingerprint density at radius 3 is 2.90 bits per heavy atom. The van der Waals surface area contributed by atoms with Crippen molar-refractivity contribution in [3.8, 4) is 0 Å². The fourth-order valence-corrected chi connectivity index (χ4v) is 3.27. The zero-order valence-electron chi connectivity index (χ0n) is 11.7. The van der Waals surface area contributed by atoms with Gasteiger partial charge in [0.15, 0.2) is 5.13 Å². The first-order valence-corrected chi connectivity index (χ1v) is 8.22. The minimum atomic E-state index is -0.389. The van der Waals surface area contributed by atoms with Crippen LogP contribution in [0.4, 0.5) is 5.13 Å². The van der Waals surface area contributed by atoms with E-state index in [1.54, 1.807) is 18.2 Å². The second kappa shape index (κ2) is 7.00. The van der Waals surface area contributed by atoms with E-state index < -0.39 is 0 Å². The van der Waals surface area contributed by atoms with Crippen molar-refractivity contribution in [2.24, 2.45) is 0 Å². The third-order valence-electron chi connectivity index (χ3n) is 2.87. The first kappa shape index (κ1) is 15.9. The molecule has 1 N–H and O–H groups in total. The van der Waals surface area contributed by atoms with E-state index in [9.17, 15) is 9.59 Å². The summed E-state index contributed by atoms with van der Waals surface area (Å²) in [5, 5.41) is 3.31. The normalized spacial score (nSPS) is 12.1. The van der Waals surface area contributed by atoms with Crippen molar-refractivity contribution in [1.82, 2.24) is 4.98 Å². The maximum absolute atomic E-state index is 11.9. The summed E-state index contributed by atoms with van der Waals surface area (Å²) in [5.74, 6) is -0.497. The lowest BCUT2D eigenvalue weighted by molar-refractivity contribution is -0.115. The minimum absolute atomic E-state index is 0.107. The van der Waals surface area contributed by atoms with Crippen LogP contribution in [-0.2, 0) is 9.53 Å². The van der Waals surface area contributed by atoms with Crippen LogP contribution >= 0.6 is 27.3 Å². The number of rotatable bonds is 5. The number of nitrogens with one attached hydrogen (secondary N) is 1. The molecule has 2 aromatic rings. The standard InChI is InChI=1S/C14H15BrN2O3S/c1-3-4-9(15)12(18)17-14-16-10-6-5-8(13(19)20-2)7-11(10)21-14/h5-7,9H,3-4H2,1-2H3,(H,16,17,18)/t9-/m0/s1. The van der Waals surface area contributed by atoms with E-state index in [2.05, 4.69) is 31.0 Å². The zero-order chi connectivity index (χ0) is 15.4. The Kier molecular flexibility index (Phi) is 5.30. The van der Waals surface area contributed by atoms with Crippen LogP contribution in [-0.4, -0.2) is 28.8 Å². The SMILES string of the molecule is CCC[C@H](Br)C(=O)Nc1nc2ccc(C(=O)OC)cc2s1. The van der Waals surface area contributed by atoms with E-state index in [0.29, 0.717) is 10.7 Å². The monoisotopic (exact) mass is 370 g/mol. The van der Waals surface area contributed by atoms with Crippen LogP contribution in [0.3, 0.4) is 0 Å². The number of thiazole rings is 1. The molecule has 1 aromatic carbocycles. The van der Waals surface area contributed by atoms with Gasteiger partial charge >= 0.3 is 5.97 Å². The van der Waals surface area contributed by atoms with Crippen LogP contribution in [0.5, 0.6) is 0 Å². The average Bonchev–Trinajstić information content (AvgIpc) is 2.87. The first-order valence-electron chi connectivity index (χ1n) is 6.49. The number of aromatic nitrogens is 1. The molecule has 5 nitrogen and oxygen atoms in total. The lowest BCUT2D eigenvalue weighted by Crippen LogP contribution is -2.22. The van der Waals surface area contributed by atoms with Crippen LogP contribution in [0.25, 0.3) is 10.2 Å². The Morgan fingerprint density at radius 2 is 2.24 bits per heavy atom. The molecular weight excluding hydrogens is 356 g/mol. The highest BCUT2D eigenvalue weighted by Gasteiger charge is 2.16. The summed E-state index contributed by atoms with van der Waals surface area (Å²) in [6, 6.07) is 5.11. The van der Waals surface area contributed by atoms with Gasteiger partial charge in [0.2, 0.25) is 5.91 Å². The van der Waals surface area contributed by atoms with Crippen LogP contribution in [0, 0.1) is 0 Å². The predicted octanol–water partition coefficient (Wildman–Crippen LogP) is 3.59. The smallest absolute Gasteiger partial charge is 0.337 e. The van der Waals surface area contributed by atoms with E-state index in [-0.39, 0.29) is 16.7 Å². The van der Waals surface area contributed by atoms with E-state index in [1.165, 1.54) is 18.4 Å². The van der Waals surface area contributed by atoms with Crippen molar-refractivity contribution in [1.29, 1.82) is 0 Å². The van der Waals surface area contributed by atoms with Gasteiger partial charge < -0.3 is 10.1 Å². The van der Waals surface area contributed by atoms with Gasteiger partial charge in [-0.1, -0.05) is 40.6 Å². The van der Waals surface area contributed by atoms with E-state index >= 15 is 0 Å². The summed E-state index contributed by atoms with van der Waals surface area (Å²) in [6.07, 6.45) is 1.69. The number of methoxy groups -OCH3 is 1. The van der Waals surface area contributed by atoms with Crippen molar-refractivity contribution in [3.63, 3.8) is 0 Å². The van der Waals surface area contributed by atoms with Gasteiger partial charge in [0.1, 0.15) is 0 Å². The molecule has 1 aromatic heterocycles. The second-order valence-corrected chi connectivity index (χ2v) is 6.57. The number of carbonyl (C=O) groups excluding carboxylic acids is 2. The number of alkyl halides is 1. The molecule has 2 rings (SSSR count). The van der Waals surface area contributed by atoms with Crippen LogP contribution < -0.4 is 5.32 Å². The predicted molar refractivity (Wildman–Crippen MR) is 87.2 cm³/mol. The highest BCUT2D eigenvalue weighted by molar-refractivity contribution is 9.10. The minimum Gasteiger partial charge on any atom is -0.465 e. The number of ether oxygens (including phenoxy) is 1. The fraction of sp³-hybridized carbons (Fsp3) is 0.357. The number of benzene rings is 1. The molecule has 0 bridgehead atoms. The second-order valence-electron chi connectivity index (χ2n) is 4.44. The Hall–Kier alpha value is -1.47. The molecule has 1 atom stereocenters. The van der Waals surface area contributed by atoms with Crippen molar-refractivity contribution in [3.05, 3.63) is 23.8 Å². The van der Waals surface area contributed by atoms with Crippen LogP contribution in [0.15, 0.2) is 18.2 Å². The van der Waals surface area contributed by atoms with Gasteiger partial charge in [-0.05, 0) is 24.6 Å². The maximum Gasteiger partial charge on any atom is 0.337 e. The lowest BCUT2D eigenvalue weighted by atomic mass is 10.2. The summed E-state index contributed by atoms with van der Waals surface area (Å²) < 4.78 is 5.51. The van der Waals surface area contributed by atoms with E-state index in [1.807, 2.05) is 6.92 Å². The molecule has 0 fully saturated rings. The third-order valence-corrected chi connectivity index (χ3v) is 4.67. The Balaban J connectivity index is 2.19. The Bertz CT molecular complexity index is 671. The van der Waals surface area contributed by atoms with Crippen LogP contribution in [0.2, 0.25) is 0 Å². The molecule has 0 aliphatic carbocycles. The number of hydrogen-bond acceptors (Lipinski definition) is 5. The fourth-order valence-electron chi connectivity index (χ4n) is 1.79. The summed E-state index contributed by atoms with van der Waals surface area (Å²) in [7, 11) is 1.34. The summed E-state index contributed by atoms with van der Waals surface area (Å²) >= 11 is 4.68. The number of esters is 1. The number of amides is 1. The van der Waals surface area contributed by atoms with Gasteiger partial charge in [0.25, 0.3) is 0 Å². The zero-order valence-corrected chi connectivity index (χ0v) is 14.1. The number of hydrogen-bond donors (Lipinski definition) is 1. The molecule has 1 heterocycles. The highest BCUT2D eigenvalue weighted by Crippen LogP contribution is 2.27. The van der Waals surface area contributed by atoms with Gasteiger partial charge in [-0.2, -0.15) is 0 Å². The van der Waals surface area contributed by atoms with Crippen molar-refractivity contribution >= 4 is 54.5 Å². The molecule has 0 unspecified atom stereocenters. The average molecular weight is 371 g/mol. The lowest BCUT2D eigenvalue weighted by Gasteiger charge is -2.06. The van der Waals surface area contributed by atoms with Crippen molar-refractivity contribution < 1.29 is 14.3 Å².